The maximum absolute atomic E-state index is 10.6. The fourth-order valence-electron chi connectivity index (χ4n) is 2.91. The van der Waals surface area contributed by atoms with E-state index in [1.165, 1.54) is 0 Å². The lowest BCUT2D eigenvalue weighted by atomic mass is 9.76. The summed E-state index contributed by atoms with van der Waals surface area (Å²) >= 11 is 0. The molecule has 0 bridgehead atoms. The van der Waals surface area contributed by atoms with E-state index in [4.69, 9.17) is 9.84 Å². The highest BCUT2D eigenvalue weighted by Gasteiger charge is 2.52. The van der Waals surface area contributed by atoms with Crippen LogP contribution in [0.5, 0.6) is 0 Å². The number of hydrogen-bond acceptors (Lipinski definition) is 3. The average molecular weight is 200 g/mol. The Bertz CT molecular complexity index is 228. The quantitative estimate of drug-likeness (QED) is 0.706. The van der Waals surface area contributed by atoms with E-state index in [9.17, 15) is 9.90 Å². The van der Waals surface area contributed by atoms with Crippen LogP contribution in [-0.4, -0.2) is 35.0 Å². The van der Waals surface area contributed by atoms with Crippen molar-refractivity contribution in [2.75, 3.05) is 6.61 Å². The van der Waals surface area contributed by atoms with Gasteiger partial charge in [0.2, 0.25) is 0 Å². The van der Waals surface area contributed by atoms with Gasteiger partial charge in [0.25, 0.3) is 0 Å². The number of aliphatic hydroxyl groups is 1. The van der Waals surface area contributed by atoms with Crippen molar-refractivity contribution in [2.45, 2.75) is 44.3 Å². The highest BCUT2D eigenvalue weighted by molar-refractivity contribution is 5.67. The first kappa shape index (κ1) is 9.93. The normalized spacial score (nSPS) is 38.2. The molecule has 1 aliphatic carbocycles. The molecule has 0 amide bonds. The van der Waals surface area contributed by atoms with Gasteiger partial charge in [-0.2, -0.15) is 0 Å². The van der Waals surface area contributed by atoms with Crippen LogP contribution in [0.25, 0.3) is 0 Å². The van der Waals surface area contributed by atoms with Gasteiger partial charge in [-0.15, -0.1) is 0 Å². The Labute approximate surface area is 82.9 Å². The Morgan fingerprint density at radius 1 is 1.57 bits per heavy atom. The predicted octanol–water partition coefficient (Wildman–Crippen LogP) is 0.781. The van der Waals surface area contributed by atoms with E-state index in [2.05, 4.69) is 0 Å². The molecule has 0 radical (unpaired) electrons. The molecule has 4 heteroatoms. The maximum Gasteiger partial charge on any atom is 0.305 e. The monoisotopic (exact) mass is 200 g/mol. The molecular weight excluding hydrogens is 184 g/mol. The lowest BCUT2D eigenvalue weighted by molar-refractivity contribution is -0.142. The third-order valence-electron chi connectivity index (χ3n) is 3.67. The third-order valence-corrected chi connectivity index (χ3v) is 3.67. The first-order chi connectivity index (χ1) is 6.65. The van der Waals surface area contributed by atoms with Crippen molar-refractivity contribution in [1.82, 2.24) is 0 Å². The Balaban J connectivity index is 2.09. The van der Waals surface area contributed by atoms with Crippen molar-refractivity contribution in [3.63, 3.8) is 0 Å². The van der Waals surface area contributed by atoms with E-state index in [0.717, 1.165) is 25.7 Å². The zero-order chi connectivity index (χ0) is 10.2. The SMILES string of the molecule is O=C(O)C[C@@H](O)C12CCC[C@H]1OCC2. The highest BCUT2D eigenvalue weighted by Crippen LogP contribution is 2.50. The molecular formula is C10H16O4. The van der Waals surface area contributed by atoms with Crippen molar-refractivity contribution in [3.05, 3.63) is 0 Å². The van der Waals surface area contributed by atoms with Gasteiger partial charge in [-0.3, -0.25) is 4.79 Å². The van der Waals surface area contributed by atoms with Crippen molar-refractivity contribution >= 4 is 5.97 Å². The maximum atomic E-state index is 10.6. The predicted molar refractivity (Wildman–Crippen MR) is 48.9 cm³/mol. The molecule has 0 aromatic heterocycles. The van der Waals surface area contributed by atoms with Crippen LogP contribution in [0.2, 0.25) is 0 Å². The number of rotatable bonds is 3. The van der Waals surface area contributed by atoms with E-state index in [0.29, 0.717) is 6.61 Å². The third kappa shape index (κ3) is 1.42. The minimum Gasteiger partial charge on any atom is -0.481 e. The number of aliphatic hydroxyl groups excluding tert-OH is 1. The summed E-state index contributed by atoms with van der Waals surface area (Å²) in [5, 5.41) is 18.6. The van der Waals surface area contributed by atoms with Crippen LogP contribution >= 0.6 is 0 Å². The second kappa shape index (κ2) is 3.51. The Morgan fingerprint density at radius 3 is 3.07 bits per heavy atom. The molecule has 14 heavy (non-hydrogen) atoms. The summed E-state index contributed by atoms with van der Waals surface area (Å²) in [5.41, 5.74) is -0.252. The molecule has 1 heterocycles. The molecule has 0 spiro atoms. The minimum absolute atomic E-state index is 0.0943. The molecule has 0 aromatic carbocycles. The summed E-state index contributed by atoms with van der Waals surface area (Å²) in [4.78, 5) is 10.6. The van der Waals surface area contributed by atoms with Crippen LogP contribution in [0.3, 0.4) is 0 Å². The number of carbonyl (C=O) groups is 1. The summed E-state index contributed by atoms with van der Waals surface area (Å²) in [6.07, 6.45) is 2.93. The Kier molecular flexibility index (Phi) is 2.49. The van der Waals surface area contributed by atoms with Crippen LogP contribution < -0.4 is 0 Å². The molecule has 1 aliphatic heterocycles. The number of aliphatic carboxylic acids is 1. The topological polar surface area (TPSA) is 66.8 Å². The summed E-state index contributed by atoms with van der Waals surface area (Å²) in [6, 6.07) is 0. The van der Waals surface area contributed by atoms with Gasteiger partial charge in [0.1, 0.15) is 0 Å². The van der Waals surface area contributed by atoms with E-state index in [1.54, 1.807) is 0 Å². The van der Waals surface area contributed by atoms with Gasteiger partial charge in [-0.05, 0) is 19.3 Å². The van der Waals surface area contributed by atoms with Gasteiger partial charge in [0.05, 0.1) is 18.6 Å². The van der Waals surface area contributed by atoms with Gasteiger partial charge >= 0.3 is 5.97 Å². The van der Waals surface area contributed by atoms with Crippen molar-refractivity contribution in [3.8, 4) is 0 Å². The Hall–Kier alpha value is -0.610. The first-order valence-electron chi connectivity index (χ1n) is 5.16. The number of ether oxygens (including phenoxy) is 1. The molecule has 2 fully saturated rings. The summed E-state index contributed by atoms with van der Waals surface area (Å²) < 4.78 is 5.53. The van der Waals surface area contributed by atoms with E-state index >= 15 is 0 Å². The molecule has 1 saturated heterocycles. The molecule has 1 unspecified atom stereocenters. The second-order valence-electron chi connectivity index (χ2n) is 4.35. The lowest BCUT2D eigenvalue weighted by Crippen LogP contribution is -2.39. The van der Waals surface area contributed by atoms with Crippen LogP contribution in [0.15, 0.2) is 0 Å². The van der Waals surface area contributed by atoms with Gasteiger partial charge in [0, 0.05) is 12.0 Å². The van der Waals surface area contributed by atoms with E-state index in [-0.39, 0.29) is 17.9 Å². The fourth-order valence-corrected chi connectivity index (χ4v) is 2.91. The summed E-state index contributed by atoms with van der Waals surface area (Å²) in [5.74, 6) is -0.926. The van der Waals surface area contributed by atoms with Gasteiger partial charge < -0.3 is 14.9 Å². The van der Waals surface area contributed by atoms with Gasteiger partial charge in [-0.25, -0.2) is 0 Å². The lowest BCUT2D eigenvalue weighted by Gasteiger charge is -2.32. The molecule has 2 rings (SSSR count). The zero-order valence-electron chi connectivity index (χ0n) is 8.11. The molecule has 0 aromatic rings. The largest absolute Gasteiger partial charge is 0.481 e. The van der Waals surface area contributed by atoms with Crippen molar-refractivity contribution in [2.24, 2.45) is 5.41 Å². The van der Waals surface area contributed by atoms with Gasteiger partial charge in [-0.1, -0.05) is 6.42 Å². The summed E-state index contributed by atoms with van der Waals surface area (Å²) in [7, 11) is 0. The van der Waals surface area contributed by atoms with Crippen LogP contribution in [0.4, 0.5) is 0 Å². The number of hydrogen-bond donors (Lipinski definition) is 2. The fraction of sp³-hybridized carbons (Fsp3) is 0.900. The van der Waals surface area contributed by atoms with Gasteiger partial charge in [0.15, 0.2) is 0 Å². The smallest absolute Gasteiger partial charge is 0.305 e. The Morgan fingerprint density at radius 2 is 2.36 bits per heavy atom. The number of carboxylic acids is 1. The first-order valence-corrected chi connectivity index (χ1v) is 5.16. The number of fused-ring (bicyclic) bond motifs is 1. The van der Waals surface area contributed by atoms with Crippen molar-refractivity contribution < 1.29 is 19.7 Å². The highest BCUT2D eigenvalue weighted by atomic mass is 16.5. The van der Waals surface area contributed by atoms with Crippen molar-refractivity contribution in [1.29, 1.82) is 0 Å². The molecule has 80 valence electrons. The average Bonchev–Trinajstić information content (AvgIpc) is 2.58. The molecule has 1 saturated carbocycles. The minimum atomic E-state index is -0.926. The molecule has 4 nitrogen and oxygen atoms in total. The van der Waals surface area contributed by atoms with Crippen LogP contribution in [0.1, 0.15) is 32.1 Å². The van der Waals surface area contributed by atoms with E-state index in [1.807, 2.05) is 0 Å². The van der Waals surface area contributed by atoms with E-state index < -0.39 is 12.1 Å². The number of carboxylic acid groups (broad SMARTS) is 1. The second-order valence-corrected chi connectivity index (χ2v) is 4.35. The van der Waals surface area contributed by atoms with Crippen LogP contribution in [-0.2, 0) is 9.53 Å². The molecule has 2 aliphatic rings. The standard InChI is InChI=1S/C10H16O4/c11-7(6-9(12)13)10-3-1-2-8(10)14-5-4-10/h7-8,11H,1-6H2,(H,12,13)/t7-,8-,10?/m1/s1. The molecule has 3 atom stereocenters. The zero-order valence-corrected chi connectivity index (χ0v) is 8.11. The molecule has 2 N–H and O–H groups in total. The summed E-state index contributed by atoms with van der Waals surface area (Å²) in [6.45, 7) is 0.668. The van der Waals surface area contributed by atoms with Crippen LogP contribution in [0, 0.1) is 5.41 Å².